The Bertz CT molecular complexity index is 1770. The summed E-state index contributed by atoms with van der Waals surface area (Å²) < 4.78 is 1.80. The summed E-state index contributed by atoms with van der Waals surface area (Å²) in [5.41, 5.74) is 6.65. The van der Waals surface area contributed by atoms with Crippen molar-refractivity contribution in [1.82, 2.24) is 35.1 Å². The standard InChI is InChI=1S/C33H31N7O/c1-23-16-24(2)30-28(17-23)18-29(33(41)35-30)31(32-36-37-38-40(32)22-26-12-7-4-8-13-26)39(20-25-10-5-3-6-11-25)21-27-14-9-15-34-19-27/h3-19,31H,20-22H2,1-2H3,(H,35,41)/t31-/m0/s1. The lowest BCUT2D eigenvalue weighted by atomic mass is 9.99. The summed E-state index contributed by atoms with van der Waals surface area (Å²) in [6.07, 6.45) is 3.63. The van der Waals surface area contributed by atoms with Crippen LogP contribution < -0.4 is 5.56 Å². The van der Waals surface area contributed by atoms with Gasteiger partial charge in [0.1, 0.15) is 6.04 Å². The van der Waals surface area contributed by atoms with Crippen molar-refractivity contribution in [1.29, 1.82) is 0 Å². The first-order chi connectivity index (χ1) is 20.0. The van der Waals surface area contributed by atoms with E-state index in [1.807, 2.05) is 79.9 Å². The van der Waals surface area contributed by atoms with Gasteiger partial charge in [-0.3, -0.25) is 14.7 Å². The SMILES string of the molecule is Cc1cc(C)c2[nH]c(=O)c([C@@H](c3nnnn3Cc3ccccc3)N(Cc3ccccc3)Cc3cccnc3)cc2c1. The maximum absolute atomic E-state index is 13.9. The minimum Gasteiger partial charge on any atom is -0.321 e. The Kier molecular flexibility index (Phi) is 7.47. The van der Waals surface area contributed by atoms with Crippen molar-refractivity contribution in [3.8, 4) is 0 Å². The molecule has 8 heteroatoms. The Labute approximate surface area is 238 Å². The normalized spacial score (nSPS) is 12.2. The summed E-state index contributed by atoms with van der Waals surface area (Å²) in [6, 6.07) is 30.0. The second-order valence-corrected chi connectivity index (χ2v) is 10.4. The maximum atomic E-state index is 13.9. The Morgan fingerprint density at radius 1 is 0.854 bits per heavy atom. The molecule has 0 bridgehead atoms. The molecule has 0 unspecified atom stereocenters. The second-order valence-electron chi connectivity index (χ2n) is 10.4. The predicted molar refractivity (Wildman–Crippen MR) is 159 cm³/mol. The molecule has 41 heavy (non-hydrogen) atoms. The fourth-order valence-electron chi connectivity index (χ4n) is 5.46. The number of nitrogens with one attached hydrogen (secondary N) is 1. The van der Waals surface area contributed by atoms with Crippen molar-refractivity contribution < 1.29 is 0 Å². The molecule has 6 aromatic rings. The first-order valence-corrected chi connectivity index (χ1v) is 13.7. The number of aryl methyl sites for hydroxylation is 2. The van der Waals surface area contributed by atoms with E-state index in [9.17, 15) is 4.79 Å². The lowest BCUT2D eigenvalue weighted by molar-refractivity contribution is 0.194. The smallest absolute Gasteiger partial charge is 0.253 e. The van der Waals surface area contributed by atoms with Gasteiger partial charge in [-0.25, -0.2) is 4.68 Å². The number of benzene rings is 3. The monoisotopic (exact) mass is 541 g/mol. The molecule has 0 fully saturated rings. The van der Waals surface area contributed by atoms with Gasteiger partial charge in [-0.05, 0) is 70.1 Å². The van der Waals surface area contributed by atoms with Crippen molar-refractivity contribution in [2.45, 2.75) is 39.5 Å². The number of H-pyrrole nitrogens is 1. The number of hydrogen-bond donors (Lipinski definition) is 1. The van der Waals surface area contributed by atoms with E-state index < -0.39 is 6.04 Å². The molecule has 1 atom stereocenters. The molecule has 204 valence electrons. The molecule has 1 N–H and O–H groups in total. The number of aromatic nitrogens is 6. The molecule has 0 saturated heterocycles. The van der Waals surface area contributed by atoms with Crippen LogP contribution in [0, 0.1) is 13.8 Å². The van der Waals surface area contributed by atoms with Crippen LogP contribution in [-0.2, 0) is 19.6 Å². The highest BCUT2D eigenvalue weighted by Gasteiger charge is 2.31. The Balaban J connectivity index is 1.54. The summed E-state index contributed by atoms with van der Waals surface area (Å²) in [5, 5.41) is 14.0. The second kappa shape index (κ2) is 11.7. The summed E-state index contributed by atoms with van der Waals surface area (Å²) in [6.45, 7) is 5.68. The zero-order chi connectivity index (χ0) is 28.2. The predicted octanol–water partition coefficient (Wildman–Crippen LogP) is 5.37. The summed E-state index contributed by atoms with van der Waals surface area (Å²) in [7, 11) is 0. The maximum Gasteiger partial charge on any atom is 0.253 e. The number of rotatable bonds is 9. The van der Waals surface area contributed by atoms with Crippen molar-refractivity contribution in [2.24, 2.45) is 0 Å². The molecule has 8 nitrogen and oxygen atoms in total. The number of nitrogens with zero attached hydrogens (tertiary/aromatic N) is 6. The van der Waals surface area contributed by atoms with Crippen molar-refractivity contribution in [3.05, 3.63) is 153 Å². The third-order valence-electron chi connectivity index (χ3n) is 7.30. The van der Waals surface area contributed by atoms with E-state index in [0.717, 1.165) is 38.7 Å². The van der Waals surface area contributed by atoms with E-state index in [0.29, 0.717) is 31.0 Å². The van der Waals surface area contributed by atoms with E-state index in [2.05, 4.69) is 61.6 Å². The van der Waals surface area contributed by atoms with Crippen LogP contribution in [0.2, 0.25) is 0 Å². The summed E-state index contributed by atoms with van der Waals surface area (Å²) >= 11 is 0. The van der Waals surface area contributed by atoms with Crippen LogP contribution in [0.15, 0.2) is 108 Å². The lowest BCUT2D eigenvalue weighted by Gasteiger charge is -2.31. The van der Waals surface area contributed by atoms with Crippen LogP contribution >= 0.6 is 0 Å². The van der Waals surface area contributed by atoms with Gasteiger partial charge in [-0.15, -0.1) is 5.10 Å². The Morgan fingerprint density at radius 2 is 1.56 bits per heavy atom. The molecule has 3 aromatic carbocycles. The van der Waals surface area contributed by atoms with E-state index in [-0.39, 0.29) is 5.56 Å². The van der Waals surface area contributed by atoms with Gasteiger partial charge >= 0.3 is 0 Å². The van der Waals surface area contributed by atoms with Gasteiger partial charge in [0.25, 0.3) is 5.56 Å². The van der Waals surface area contributed by atoms with Gasteiger partial charge in [0.05, 0.1) is 12.1 Å². The van der Waals surface area contributed by atoms with Crippen LogP contribution in [0.5, 0.6) is 0 Å². The minimum absolute atomic E-state index is 0.159. The number of fused-ring (bicyclic) bond motifs is 1. The van der Waals surface area contributed by atoms with Crippen LogP contribution in [0.25, 0.3) is 10.9 Å². The Morgan fingerprint density at radius 3 is 2.29 bits per heavy atom. The molecule has 3 aromatic heterocycles. The fourth-order valence-corrected chi connectivity index (χ4v) is 5.46. The van der Waals surface area contributed by atoms with Crippen LogP contribution in [0.3, 0.4) is 0 Å². The highest BCUT2D eigenvalue weighted by Crippen LogP contribution is 2.31. The van der Waals surface area contributed by atoms with Gasteiger partial charge in [0.2, 0.25) is 0 Å². The largest absolute Gasteiger partial charge is 0.321 e. The zero-order valence-corrected chi connectivity index (χ0v) is 23.1. The number of pyridine rings is 2. The van der Waals surface area contributed by atoms with Crippen LogP contribution in [0.1, 0.15) is 45.2 Å². The third kappa shape index (κ3) is 5.83. The molecule has 0 saturated carbocycles. The summed E-state index contributed by atoms with van der Waals surface area (Å²) in [4.78, 5) is 23.7. The summed E-state index contributed by atoms with van der Waals surface area (Å²) in [5.74, 6) is 0.600. The van der Waals surface area contributed by atoms with Gasteiger partial charge < -0.3 is 4.98 Å². The van der Waals surface area contributed by atoms with Crippen molar-refractivity contribution >= 4 is 10.9 Å². The van der Waals surface area contributed by atoms with Crippen LogP contribution in [0.4, 0.5) is 0 Å². The number of aromatic amines is 1. The topological polar surface area (TPSA) is 92.6 Å². The van der Waals surface area contributed by atoms with Gasteiger partial charge in [-0.2, -0.15) is 0 Å². The number of hydrogen-bond acceptors (Lipinski definition) is 6. The van der Waals surface area contributed by atoms with Crippen molar-refractivity contribution in [2.75, 3.05) is 0 Å². The first-order valence-electron chi connectivity index (χ1n) is 13.7. The third-order valence-corrected chi connectivity index (χ3v) is 7.30. The molecule has 3 heterocycles. The van der Waals surface area contributed by atoms with E-state index >= 15 is 0 Å². The average Bonchev–Trinajstić information content (AvgIpc) is 3.43. The fraction of sp³-hybridized carbons (Fsp3) is 0.182. The molecule has 0 amide bonds. The van der Waals surface area contributed by atoms with Gasteiger partial charge in [0, 0.05) is 31.0 Å². The first kappa shape index (κ1) is 26.3. The quantitative estimate of drug-likeness (QED) is 0.265. The Hall–Kier alpha value is -4.95. The molecule has 0 radical (unpaired) electrons. The molecular formula is C33H31N7O. The minimum atomic E-state index is -0.539. The lowest BCUT2D eigenvalue weighted by Crippen LogP contribution is -2.35. The molecular weight excluding hydrogens is 510 g/mol. The zero-order valence-electron chi connectivity index (χ0n) is 23.1. The molecule has 0 spiro atoms. The van der Waals surface area contributed by atoms with Crippen molar-refractivity contribution in [3.63, 3.8) is 0 Å². The van der Waals surface area contributed by atoms with Crippen LogP contribution in [-0.4, -0.2) is 35.1 Å². The van der Waals surface area contributed by atoms with Gasteiger partial charge in [-0.1, -0.05) is 78.4 Å². The number of tetrazole rings is 1. The highest BCUT2D eigenvalue weighted by atomic mass is 16.1. The van der Waals surface area contributed by atoms with E-state index in [1.54, 1.807) is 10.9 Å². The average molecular weight is 542 g/mol. The molecule has 0 aliphatic rings. The van der Waals surface area contributed by atoms with E-state index in [4.69, 9.17) is 0 Å². The van der Waals surface area contributed by atoms with E-state index in [1.165, 1.54) is 0 Å². The molecule has 6 rings (SSSR count). The highest BCUT2D eigenvalue weighted by molar-refractivity contribution is 5.83. The molecule has 0 aliphatic heterocycles. The van der Waals surface area contributed by atoms with Gasteiger partial charge in [0.15, 0.2) is 5.82 Å². The molecule has 0 aliphatic carbocycles.